The molecular weight excluding hydrogens is 484 g/mol. The average Bonchev–Trinajstić information content (AvgIpc) is 3.55. The van der Waals surface area contributed by atoms with Gasteiger partial charge in [0.2, 0.25) is 0 Å². The second kappa shape index (κ2) is 7.19. The Kier molecular flexibility index (Phi) is 4.73. The molecule has 0 nitrogen and oxygen atoms in total. The van der Waals surface area contributed by atoms with Crippen LogP contribution in [0.25, 0.3) is 11.1 Å². The molecule has 4 aromatic rings. The Morgan fingerprint density at radius 2 is 1.25 bits per heavy atom. The van der Waals surface area contributed by atoms with Crippen LogP contribution in [0.15, 0.2) is 125 Å². The van der Waals surface area contributed by atoms with E-state index in [0.717, 1.165) is 22.3 Å². The van der Waals surface area contributed by atoms with Crippen molar-refractivity contribution >= 4 is 11.5 Å². The third kappa shape index (κ3) is 3.30. The quantitative estimate of drug-likeness (QED) is 0.203. The molecule has 0 saturated carbocycles. The zero-order chi connectivity index (χ0) is 25.0. The van der Waals surface area contributed by atoms with Crippen LogP contribution in [0, 0.1) is 0 Å². The van der Waals surface area contributed by atoms with Crippen molar-refractivity contribution in [3.05, 3.63) is 147 Å². The molecular formula is C34H36SiTi. The predicted octanol–water partition coefficient (Wildman–Crippen LogP) is 7.53. The van der Waals surface area contributed by atoms with Crippen molar-refractivity contribution in [2.24, 2.45) is 0 Å². The topological polar surface area (TPSA) is 0 Å². The maximum atomic E-state index is 2.77. The van der Waals surface area contributed by atoms with E-state index in [-0.39, 0.29) is 0 Å². The minimum atomic E-state index is -4.87. The van der Waals surface area contributed by atoms with Gasteiger partial charge in [-0.2, -0.15) is 0 Å². The molecule has 0 N–H and O–H groups in total. The van der Waals surface area contributed by atoms with Crippen LogP contribution in [0.4, 0.5) is 0 Å². The molecule has 180 valence electrons. The van der Waals surface area contributed by atoms with Gasteiger partial charge in [0.25, 0.3) is 0 Å². The van der Waals surface area contributed by atoms with Crippen LogP contribution in [0.2, 0.25) is 10.5 Å². The fraction of sp³-hybridized carbons (Fsp3) is 0.176. The van der Waals surface area contributed by atoms with E-state index in [1.54, 1.807) is 13.3 Å². The molecule has 2 heteroatoms. The first-order valence-electron chi connectivity index (χ1n) is 13.3. The maximum absolute atomic E-state index is 4.87. The van der Waals surface area contributed by atoms with E-state index in [4.69, 9.17) is 0 Å². The summed E-state index contributed by atoms with van der Waals surface area (Å²) < 4.78 is 5.49. The first-order chi connectivity index (χ1) is 17.2. The van der Waals surface area contributed by atoms with Crippen LogP contribution in [-0.2, 0) is 27.4 Å². The molecule has 0 aromatic heterocycles. The number of allylic oxidation sites excluding steroid dienone is 4. The first kappa shape index (κ1) is 23.7. The summed E-state index contributed by atoms with van der Waals surface area (Å²) in [5, 5.41) is 5.54. The number of hydrogen-bond donors (Lipinski definition) is 0. The van der Waals surface area contributed by atoms with Gasteiger partial charge < -0.3 is 0 Å². The van der Waals surface area contributed by atoms with Crippen LogP contribution in [-0.4, -0.2) is 7.63 Å². The summed E-state index contributed by atoms with van der Waals surface area (Å²) >= 11 is -4.87. The van der Waals surface area contributed by atoms with Gasteiger partial charge in [-0.1, -0.05) is 0 Å². The molecule has 0 radical (unpaired) electrons. The fourth-order valence-corrected chi connectivity index (χ4v) is 28.3. The second-order valence-electron chi connectivity index (χ2n) is 13.9. The monoisotopic (exact) mass is 520 g/mol. The van der Waals surface area contributed by atoms with Crippen molar-refractivity contribution in [1.29, 1.82) is 0 Å². The number of rotatable bonds is 6. The van der Waals surface area contributed by atoms with Gasteiger partial charge in [0, 0.05) is 0 Å². The second-order valence-corrected chi connectivity index (χ2v) is 47.0. The van der Waals surface area contributed by atoms with E-state index in [2.05, 4.69) is 139 Å². The van der Waals surface area contributed by atoms with Crippen LogP contribution >= 0.6 is 0 Å². The van der Waals surface area contributed by atoms with E-state index in [0.29, 0.717) is 0 Å². The van der Waals surface area contributed by atoms with Gasteiger partial charge in [0.05, 0.1) is 0 Å². The minimum absolute atomic E-state index is 1.03. The Balaban J connectivity index is 1.76. The van der Waals surface area contributed by atoms with E-state index in [9.17, 15) is 0 Å². The van der Waals surface area contributed by atoms with Crippen molar-refractivity contribution in [1.82, 2.24) is 0 Å². The fourth-order valence-electron chi connectivity index (χ4n) is 8.19. The van der Waals surface area contributed by atoms with Crippen molar-refractivity contribution in [2.75, 3.05) is 0 Å². The van der Waals surface area contributed by atoms with Gasteiger partial charge in [-0.3, -0.25) is 0 Å². The third-order valence-electron chi connectivity index (χ3n) is 10.0. The molecule has 0 atom stereocenters. The van der Waals surface area contributed by atoms with E-state index in [1.165, 1.54) is 27.8 Å². The molecule has 36 heavy (non-hydrogen) atoms. The Morgan fingerprint density at radius 1 is 0.667 bits per heavy atom. The standard InChI is InChI=1S/C13H9.2C7H7.C5H5.2CH3.H2Si.Ti/c1-3-7-12-10(5-1)9-11-6-2-4-8-13(11)12;2*1-7-5-3-2-4-6-7;1-2-4-5-3-1;;;;/h1-5,7-8H,9H2;2*2-6H,1H2;1-3H,4H2;2*1H3;1H2;. The van der Waals surface area contributed by atoms with Gasteiger partial charge >= 0.3 is 214 Å². The third-order valence-corrected chi connectivity index (χ3v) is 31.5. The molecule has 0 aliphatic heterocycles. The van der Waals surface area contributed by atoms with Gasteiger partial charge in [-0.05, 0) is 0 Å². The molecule has 0 amide bonds. The van der Waals surface area contributed by atoms with E-state index in [1.807, 2.05) is 0 Å². The molecule has 0 fully saturated rings. The van der Waals surface area contributed by atoms with Gasteiger partial charge in [-0.25, -0.2) is 0 Å². The molecule has 4 aromatic carbocycles. The summed E-state index contributed by atoms with van der Waals surface area (Å²) in [5.74, 6) is 0. The summed E-state index contributed by atoms with van der Waals surface area (Å²) in [6.45, 7) is 0. The number of fused-ring (bicyclic) bond motifs is 3. The number of benzene rings is 4. The van der Waals surface area contributed by atoms with Crippen LogP contribution in [0.1, 0.15) is 28.7 Å². The zero-order valence-electron chi connectivity index (χ0n) is 21.6. The summed E-state index contributed by atoms with van der Waals surface area (Å²) in [6, 6.07) is 38.9. The molecule has 6 rings (SSSR count). The predicted molar refractivity (Wildman–Crippen MR) is 157 cm³/mol. The number of hydrogen-bond acceptors (Lipinski definition) is 0. The summed E-state index contributed by atoms with van der Waals surface area (Å²) in [6.07, 6.45) is 9.26. The average molecular weight is 521 g/mol. The van der Waals surface area contributed by atoms with Crippen molar-refractivity contribution < 1.29 is 11.5 Å². The zero-order valence-corrected chi connectivity index (χ0v) is 24.6. The molecule has 0 bridgehead atoms. The molecule has 0 unspecified atom stereocenters. The summed E-state index contributed by atoms with van der Waals surface area (Å²) in [7, 11) is 2.43. The van der Waals surface area contributed by atoms with E-state index >= 15 is 0 Å². The molecule has 0 saturated heterocycles. The van der Waals surface area contributed by atoms with Crippen LogP contribution in [0.3, 0.4) is 0 Å². The Bertz CT molecular complexity index is 1650. The Hall–Kier alpha value is -2.71. The van der Waals surface area contributed by atoms with Gasteiger partial charge in [-0.15, -0.1) is 0 Å². The Labute approximate surface area is 213 Å². The molecule has 2 aliphatic rings. The summed E-state index contributed by atoms with van der Waals surface area (Å²) in [4.78, 5) is 0. The first-order valence-corrected chi connectivity index (χ1v) is 24.2. The van der Waals surface area contributed by atoms with Crippen molar-refractivity contribution in [3.8, 4) is 11.1 Å². The van der Waals surface area contributed by atoms with Gasteiger partial charge in [0.15, 0.2) is 0 Å². The SMILES string of the molecule is [CH3][Ti]([CH3])(=[SiH2])([CH2]c1ccccc1)([CH2]c1ccccc1)([C]1=CC=CC1)[c]1cccc2c1Cc1ccccc1-2. The van der Waals surface area contributed by atoms with Crippen LogP contribution < -0.4 is 3.87 Å². The summed E-state index contributed by atoms with van der Waals surface area (Å²) in [5.41, 5.74) is 8.79. The van der Waals surface area contributed by atoms with E-state index < -0.39 is 11.5 Å². The van der Waals surface area contributed by atoms with Crippen LogP contribution in [0.5, 0.6) is 0 Å². The Morgan fingerprint density at radius 3 is 1.86 bits per heavy atom. The van der Waals surface area contributed by atoms with Crippen molar-refractivity contribution in [3.63, 3.8) is 0 Å². The molecule has 0 heterocycles. The normalized spacial score (nSPS) is 17.3. The van der Waals surface area contributed by atoms with Gasteiger partial charge in [0.1, 0.15) is 0 Å². The molecule has 2 aliphatic carbocycles. The van der Waals surface area contributed by atoms with Crippen molar-refractivity contribution in [2.45, 2.75) is 32.7 Å². The molecule has 0 spiro atoms.